The molecule has 0 saturated heterocycles. The number of carbonyl (C=O) groups excluding carboxylic acids is 1. The number of rotatable bonds is 4. The van der Waals surface area contributed by atoms with Crippen LogP contribution in [-0.2, 0) is 17.2 Å². The fraction of sp³-hybridized carbons (Fsp3) is 0.588. The van der Waals surface area contributed by atoms with Gasteiger partial charge >= 0.3 is 6.03 Å². The minimum absolute atomic E-state index is 0.154. The third-order valence-electron chi connectivity index (χ3n) is 5.17. The summed E-state index contributed by atoms with van der Waals surface area (Å²) in [6.45, 7) is 0.435. The predicted molar refractivity (Wildman–Crippen MR) is 89.3 cm³/mol. The number of hydrogen-bond donors (Lipinski definition) is 2. The average molecular weight is 338 g/mol. The highest BCUT2D eigenvalue weighted by atomic mass is 32.2. The lowest BCUT2D eigenvalue weighted by molar-refractivity contribution is 0.230. The predicted octanol–water partition coefficient (Wildman–Crippen LogP) is 2.80. The summed E-state index contributed by atoms with van der Waals surface area (Å²) in [5.74, 6) is -0.271. The molecule has 1 aromatic rings. The van der Waals surface area contributed by atoms with E-state index in [-0.39, 0.29) is 22.6 Å². The Hall–Kier alpha value is -1.43. The molecule has 2 aliphatic carbocycles. The molecule has 2 amide bonds. The first kappa shape index (κ1) is 16.4. The molecule has 0 aliphatic heterocycles. The van der Waals surface area contributed by atoms with Crippen molar-refractivity contribution in [1.82, 2.24) is 10.6 Å². The number of amides is 2. The van der Waals surface area contributed by atoms with E-state index < -0.39 is 10.8 Å². The minimum Gasteiger partial charge on any atom is -0.337 e. The summed E-state index contributed by atoms with van der Waals surface area (Å²) in [5.41, 5.74) is 1.98. The van der Waals surface area contributed by atoms with Gasteiger partial charge in [0.2, 0.25) is 0 Å². The van der Waals surface area contributed by atoms with Gasteiger partial charge in [-0.15, -0.1) is 0 Å². The van der Waals surface area contributed by atoms with E-state index in [1.165, 1.54) is 12.1 Å². The molecule has 0 radical (unpaired) electrons. The first-order valence-electron chi connectivity index (χ1n) is 8.16. The van der Waals surface area contributed by atoms with E-state index in [4.69, 9.17) is 0 Å². The van der Waals surface area contributed by atoms with E-state index in [0.29, 0.717) is 6.54 Å². The van der Waals surface area contributed by atoms with Crippen LogP contribution in [-0.4, -0.2) is 27.8 Å². The Kier molecular flexibility index (Phi) is 4.71. The molecule has 1 unspecified atom stereocenters. The molecule has 2 atom stereocenters. The second kappa shape index (κ2) is 6.59. The van der Waals surface area contributed by atoms with Crippen molar-refractivity contribution in [2.45, 2.75) is 49.3 Å². The highest BCUT2D eigenvalue weighted by Crippen LogP contribution is 2.36. The third kappa shape index (κ3) is 3.42. The number of hydrogen-bond acceptors (Lipinski definition) is 2. The molecule has 4 nitrogen and oxygen atoms in total. The number of carbonyl (C=O) groups is 1. The van der Waals surface area contributed by atoms with Crippen molar-refractivity contribution in [2.24, 2.45) is 0 Å². The summed E-state index contributed by atoms with van der Waals surface area (Å²) in [6, 6.07) is 4.38. The zero-order valence-electron chi connectivity index (χ0n) is 13.4. The van der Waals surface area contributed by atoms with Crippen LogP contribution in [0.5, 0.6) is 0 Å². The van der Waals surface area contributed by atoms with Crippen LogP contribution < -0.4 is 10.6 Å². The molecule has 6 heteroatoms. The Morgan fingerprint density at radius 1 is 1.39 bits per heavy atom. The number of benzene rings is 1. The Morgan fingerprint density at radius 2 is 2.17 bits per heavy atom. The van der Waals surface area contributed by atoms with Crippen molar-refractivity contribution in [3.8, 4) is 0 Å². The van der Waals surface area contributed by atoms with Crippen LogP contribution in [0.2, 0.25) is 0 Å². The number of fused-ring (bicyclic) bond motifs is 1. The van der Waals surface area contributed by atoms with Gasteiger partial charge in [0.15, 0.2) is 0 Å². The fourth-order valence-corrected chi connectivity index (χ4v) is 4.65. The fourth-order valence-electron chi connectivity index (χ4n) is 3.51. The maximum absolute atomic E-state index is 13.5. The minimum atomic E-state index is -0.937. The van der Waals surface area contributed by atoms with Gasteiger partial charge in [-0.25, -0.2) is 9.18 Å². The van der Waals surface area contributed by atoms with Crippen molar-refractivity contribution in [3.63, 3.8) is 0 Å². The van der Waals surface area contributed by atoms with Gasteiger partial charge in [-0.2, -0.15) is 0 Å². The summed E-state index contributed by atoms with van der Waals surface area (Å²) < 4.78 is 25.1. The van der Waals surface area contributed by atoms with Crippen LogP contribution in [0.15, 0.2) is 18.2 Å². The molecule has 1 fully saturated rings. The van der Waals surface area contributed by atoms with Gasteiger partial charge in [0.05, 0.1) is 10.8 Å². The third-order valence-corrected chi connectivity index (χ3v) is 6.95. The van der Waals surface area contributed by atoms with E-state index in [0.717, 1.165) is 49.7 Å². The van der Waals surface area contributed by atoms with Gasteiger partial charge < -0.3 is 10.6 Å². The highest BCUT2D eigenvalue weighted by Gasteiger charge is 2.41. The normalized spacial score (nSPS) is 23.3. The van der Waals surface area contributed by atoms with E-state index in [1.54, 1.807) is 12.3 Å². The van der Waals surface area contributed by atoms with Crippen molar-refractivity contribution >= 4 is 16.8 Å². The molecular formula is C17H23FN2O2S. The molecule has 0 heterocycles. The lowest BCUT2D eigenvalue weighted by Gasteiger charge is -2.40. The number of urea groups is 1. The number of aryl methyl sites for hydroxylation is 1. The van der Waals surface area contributed by atoms with Crippen LogP contribution in [0.1, 0.15) is 49.3 Å². The van der Waals surface area contributed by atoms with E-state index in [9.17, 15) is 13.4 Å². The topological polar surface area (TPSA) is 58.2 Å². The van der Waals surface area contributed by atoms with Crippen molar-refractivity contribution in [1.29, 1.82) is 0 Å². The van der Waals surface area contributed by atoms with Crippen LogP contribution in [0.25, 0.3) is 0 Å². The molecule has 1 saturated carbocycles. The van der Waals surface area contributed by atoms with E-state index in [1.807, 2.05) is 0 Å². The Morgan fingerprint density at radius 3 is 2.83 bits per heavy atom. The zero-order chi connectivity index (χ0) is 16.4. The van der Waals surface area contributed by atoms with Gasteiger partial charge in [-0.05, 0) is 55.4 Å². The maximum atomic E-state index is 13.5. The Bertz CT molecular complexity index is 631. The Balaban J connectivity index is 1.61. The Labute approximate surface area is 138 Å². The van der Waals surface area contributed by atoms with Crippen LogP contribution in [0, 0.1) is 5.82 Å². The average Bonchev–Trinajstić information content (AvgIpc) is 2.46. The van der Waals surface area contributed by atoms with Crippen LogP contribution in [0.4, 0.5) is 9.18 Å². The van der Waals surface area contributed by atoms with Gasteiger partial charge in [0.1, 0.15) is 5.82 Å². The summed E-state index contributed by atoms with van der Waals surface area (Å²) in [6.07, 6.45) is 7.29. The second-order valence-electron chi connectivity index (χ2n) is 6.61. The van der Waals surface area contributed by atoms with E-state index in [2.05, 4.69) is 10.6 Å². The van der Waals surface area contributed by atoms with Gasteiger partial charge in [0.25, 0.3) is 0 Å². The molecule has 2 aliphatic rings. The zero-order valence-corrected chi connectivity index (χ0v) is 14.2. The van der Waals surface area contributed by atoms with Gasteiger partial charge in [-0.1, -0.05) is 12.5 Å². The van der Waals surface area contributed by atoms with E-state index >= 15 is 0 Å². The quantitative estimate of drug-likeness (QED) is 0.887. The van der Waals surface area contributed by atoms with Gasteiger partial charge in [-0.3, -0.25) is 4.21 Å². The number of nitrogens with one attached hydrogen (secondary N) is 2. The molecule has 0 spiro atoms. The molecule has 0 bridgehead atoms. The highest BCUT2D eigenvalue weighted by molar-refractivity contribution is 7.85. The molecule has 0 aromatic heterocycles. The molecule has 23 heavy (non-hydrogen) atoms. The summed E-state index contributed by atoms with van der Waals surface area (Å²) >= 11 is 0. The first-order valence-corrected chi connectivity index (χ1v) is 9.72. The SMILES string of the molecule is CS(=O)C1(CNC(=O)N[C@@H]2CCCc3ccc(F)cc32)CCC1. The lowest BCUT2D eigenvalue weighted by atomic mass is 9.84. The van der Waals surface area contributed by atoms with Gasteiger partial charge in [0, 0.05) is 23.6 Å². The number of halogens is 1. The molecule has 2 N–H and O–H groups in total. The maximum Gasteiger partial charge on any atom is 0.315 e. The largest absolute Gasteiger partial charge is 0.337 e. The monoisotopic (exact) mass is 338 g/mol. The summed E-state index contributed by atoms with van der Waals surface area (Å²) in [5, 5.41) is 5.81. The smallest absolute Gasteiger partial charge is 0.315 e. The molecule has 3 rings (SSSR count). The summed E-state index contributed by atoms with van der Waals surface area (Å²) in [4.78, 5) is 12.2. The molecule has 126 valence electrons. The second-order valence-corrected chi connectivity index (χ2v) is 8.38. The standard InChI is InChI=1S/C17H23FN2O2S/c1-23(22)17(8-3-9-17)11-19-16(21)20-15-5-2-4-12-6-7-13(18)10-14(12)15/h6-7,10,15H,2-5,8-9,11H2,1H3,(H2,19,20,21)/t15-,23?/m1/s1. The molecule has 1 aromatic carbocycles. The first-order chi connectivity index (χ1) is 11.0. The van der Waals surface area contributed by atoms with Crippen molar-refractivity contribution in [3.05, 3.63) is 35.1 Å². The van der Waals surface area contributed by atoms with Crippen molar-refractivity contribution in [2.75, 3.05) is 12.8 Å². The van der Waals surface area contributed by atoms with Crippen LogP contribution >= 0.6 is 0 Å². The van der Waals surface area contributed by atoms with Crippen LogP contribution in [0.3, 0.4) is 0 Å². The molecular weight excluding hydrogens is 315 g/mol. The lowest BCUT2D eigenvalue weighted by Crippen LogP contribution is -2.52. The van der Waals surface area contributed by atoms with Crippen molar-refractivity contribution < 1.29 is 13.4 Å². The summed E-state index contributed by atoms with van der Waals surface area (Å²) in [7, 11) is -0.937.